The molecule has 0 radical (unpaired) electrons. The van der Waals surface area contributed by atoms with Crippen LogP contribution in [0.25, 0.3) is 0 Å². The lowest BCUT2D eigenvalue weighted by Gasteiger charge is -2.17. The number of halogens is 3. The minimum Gasteiger partial charge on any atom is -0.357 e. The van der Waals surface area contributed by atoms with Crippen molar-refractivity contribution < 1.29 is 9.18 Å². The van der Waals surface area contributed by atoms with Crippen molar-refractivity contribution in [1.82, 2.24) is 15.5 Å². The third-order valence-electron chi connectivity index (χ3n) is 3.61. The maximum absolute atomic E-state index is 13.1. The Kier molecular flexibility index (Phi) is 9.35. The standard InChI is InChI=1S/C16H22ClFN4O.HI/c1-2-19-16(21-11-15(23)22-7-3-4-8-22)20-10-12-5-6-14(18)13(17)9-12;/h5-6,9H,2-4,7-8,10-11H2,1H3,(H2,19,20,21);1H. The Bertz CT molecular complexity index is 579. The van der Waals surface area contributed by atoms with Gasteiger partial charge in [0.1, 0.15) is 5.82 Å². The number of guanidine groups is 1. The van der Waals surface area contributed by atoms with Gasteiger partial charge in [-0.05, 0) is 37.5 Å². The number of hydrogen-bond acceptors (Lipinski definition) is 2. The summed E-state index contributed by atoms with van der Waals surface area (Å²) in [4.78, 5) is 18.3. The molecule has 2 rings (SSSR count). The maximum atomic E-state index is 13.1. The van der Waals surface area contributed by atoms with Crippen LogP contribution in [0.1, 0.15) is 25.3 Å². The normalized spacial score (nSPS) is 14.3. The summed E-state index contributed by atoms with van der Waals surface area (Å²) in [5.74, 6) is 0.194. The van der Waals surface area contributed by atoms with Crippen molar-refractivity contribution in [1.29, 1.82) is 0 Å². The number of likely N-dealkylation sites (tertiary alicyclic amines) is 1. The number of rotatable bonds is 5. The fraction of sp³-hybridized carbons (Fsp3) is 0.500. The summed E-state index contributed by atoms with van der Waals surface area (Å²) in [7, 11) is 0. The molecule has 1 fully saturated rings. The van der Waals surface area contributed by atoms with Gasteiger partial charge in [0, 0.05) is 19.6 Å². The lowest BCUT2D eigenvalue weighted by atomic mass is 10.2. The van der Waals surface area contributed by atoms with E-state index in [0.29, 0.717) is 19.0 Å². The topological polar surface area (TPSA) is 56.7 Å². The first-order valence-electron chi connectivity index (χ1n) is 7.84. The first-order valence-corrected chi connectivity index (χ1v) is 8.22. The van der Waals surface area contributed by atoms with Gasteiger partial charge in [-0.1, -0.05) is 17.7 Å². The second kappa shape index (κ2) is 10.7. The van der Waals surface area contributed by atoms with E-state index in [4.69, 9.17) is 11.6 Å². The molecule has 0 bridgehead atoms. The predicted molar refractivity (Wildman–Crippen MR) is 105 cm³/mol. The van der Waals surface area contributed by atoms with Crippen molar-refractivity contribution in [2.75, 3.05) is 26.2 Å². The molecule has 2 N–H and O–H groups in total. The van der Waals surface area contributed by atoms with Gasteiger partial charge in [0.2, 0.25) is 5.91 Å². The zero-order valence-electron chi connectivity index (χ0n) is 13.6. The summed E-state index contributed by atoms with van der Waals surface area (Å²) in [5.41, 5.74) is 0.805. The van der Waals surface area contributed by atoms with Crippen molar-refractivity contribution in [3.63, 3.8) is 0 Å². The summed E-state index contributed by atoms with van der Waals surface area (Å²) in [6.45, 7) is 4.88. The van der Waals surface area contributed by atoms with Crippen molar-refractivity contribution in [3.05, 3.63) is 34.6 Å². The van der Waals surface area contributed by atoms with Crippen molar-refractivity contribution in [2.45, 2.75) is 26.3 Å². The van der Waals surface area contributed by atoms with E-state index in [0.717, 1.165) is 31.5 Å². The second-order valence-corrected chi connectivity index (χ2v) is 5.79. The maximum Gasteiger partial charge on any atom is 0.241 e. The van der Waals surface area contributed by atoms with Crippen LogP contribution in [0, 0.1) is 5.82 Å². The molecule has 0 spiro atoms. The van der Waals surface area contributed by atoms with Crippen LogP contribution in [-0.2, 0) is 11.3 Å². The molecule has 134 valence electrons. The quantitative estimate of drug-likeness (QED) is 0.397. The van der Waals surface area contributed by atoms with Gasteiger partial charge in [-0.25, -0.2) is 9.38 Å². The van der Waals surface area contributed by atoms with Crippen LogP contribution in [0.15, 0.2) is 23.2 Å². The van der Waals surface area contributed by atoms with E-state index in [-0.39, 0.29) is 41.5 Å². The second-order valence-electron chi connectivity index (χ2n) is 5.39. The zero-order valence-corrected chi connectivity index (χ0v) is 16.7. The molecule has 1 heterocycles. The number of amides is 1. The monoisotopic (exact) mass is 468 g/mol. The first kappa shape index (κ1) is 21.0. The molecule has 1 amide bonds. The number of nitrogens with zero attached hydrogens (tertiary/aromatic N) is 2. The van der Waals surface area contributed by atoms with Gasteiger partial charge in [0.15, 0.2) is 5.96 Å². The molecule has 5 nitrogen and oxygen atoms in total. The minimum atomic E-state index is -0.444. The highest BCUT2D eigenvalue weighted by atomic mass is 127. The highest BCUT2D eigenvalue weighted by molar-refractivity contribution is 14.0. The average molecular weight is 469 g/mol. The van der Waals surface area contributed by atoms with Gasteiger partial charge in [-0.15, -0.1) is 24.0 Å². The lowest BCUT2D eigenvalue weighted by molar-refractivity contribution is -0.128. The van der Waals surface area contributed by atoms with Gasteiger partial charge in [0.05, 0.1) is 18.1 Å². The number of aliphatic imine (C=N–C) groups is 1. The van der Waals surface area contributed by atoms with Crippen molar-refractivity contribution in [2.24, 2.45) is 4.99 Å². The van der Waals surface area contributed by atoms with Crippen molar-refractivity contribution >= 4 is 47.4 Å². The minimum absolute atomic E-state index is 0. The highest BCUT2D eigenvalue weighted by Crippen LogP contribution is 2.16. The van der Waals surface area contributed by atoms with E-state index in [1.54, 1.807) is 12.1 Å². The van der Waals surface area contributed by atoms with Crippen molar-refractivity contribution in [3.8, 4) is 0 Å². The van der Waals surface area contributed by atoms with Gasteiger partial charge in [-0.3, -0.25) is 4.79 Å². The smallest absolute Gasteiger partial charge is 0.241 e. The molecule has 1 saturated heterocycles. The first-order chi connectivity index (χ1) is 11.1. The molecule has 0 aromatic heterocycles. The molecule has 8 heteroatoms. The van der Waals surface area contributed by atoms with Gasteiger partial charge in [-0.2, -0.15) is 0 Å². The predicted octanol–water partition coefficient (Wildman–Crippen LogP) is 2.77. The molecular formula is C16H23ClFIN4O. The molecule has 0 aliphatic carbocycles. The zero-order chi connectivity index (χ0) is 16.7. The van der Waals surface area contributed by atoms with Crippen LogP contribution in [0.4, 0.5) is 4.39 Å². The summed E-state index contributed by atoms with van der Waals surface area (Å²) in [5, 5.41) is 6.20. The van der Waals surface area contributed by atoms with E-state index in [1.807, 2.05) is 11.8 Å². The summed E-state index contributed by atoms with van der Waals surface area (Å²) >= 11 is 5.76. The fourth-order valence-electron chi connectivity index (χ4n) is 2.39. The molecule has 1 aromatic rings. The van der Waals surface area contributed by atoms with E-state index in [9.17, 15) is 9.18 Å². The van der Waals surface area contributed by atoms with Crippen LogP contribution in [0.5, 0.6) is 0 Å². The molecular weight excluding hydrogens is 446 g/mol. The van der Waals surface area contributed by atoms with E-state index in [1.165, 1.54) is 6.07 Å². The van der Waals surface area contributed by atoms with Crippen LogP contribution in [0.3, 0.4) is 0 Å². The highest BCUT2D eigenvalue weighted by Gasteiger charge is 2.17. The Morgan fingerprint density at radius 2 is 2.04 bits per heavy atom. The number of benzene rings is 1. The Balaban J connectivity index is 0.00000288. The Hall–Kier alpha value is -1.09. The van der Waals surface area contributed by atoms with Gasteiger partial charge >= 0.3 is 0 Å². The molecule has 1 aromatic carbocycles. The fourth-order valence-corrected chi connectivity index (χ4v) is 2.59. The summed E-state index contributed by atoms with van der Waals surface area (Å²) in [6, 6.07) is 4.52. The van der Waals surface area contributed by atoms with Gasteiger partial charge in [0.25, 0.3) is 0 Å². The summed E-state index contributed by atoms with van der Waals surface area (Å²) < 4.78 is 13.1. The molecule has 0 saturated carbocycles. The Labute approximate surface area is 164 Å². The Morgan fingerprint density at radius 3 is 2.67 bits per heavy atom. The SMILES string of the molecule is CCNC(=NCc1ccc(F)c(Cl)c1)NCC(=O)N1CCCC1.I. The van der Waals surface area contributed by atoms with E-state index < -0.39 is 5.82 Å². The molecule has 0 unspecified atom stereocenters. The largest absolute Gasteiger partial charge is 0.357 e. The number of carbonyl (C=O) groups is 1. The number of carbonyl (C=O) groups excluding carboxylic acids is 1. The Morgan fingerprint density at radius 1 is 1.33 bits per heavy atom. The van der Waals surface area contributed by atoms with Crippen LogP contribution >= 0.6 is 35.6 Å². The average Bonchev–Trinajstić information content (AvgIpc) is 3.07. The number of hydrogen-bond donors (Lipinski definition) is 2. The molecule has 1 aliphatic rings. The van der Waals surface area contributed by atoms with E-state index >= 15 is 0 Å². The molecule has 1 aliphatic heterocycles. The van der Waals surface area contributed by atoms with Crippen LogP contribution in [-0.4, -0.2) is 42.9 Å². The van der Waals surface area contributed by atoms with E-state index in [2.05, 4.69) is 15.6 Å². The molecule has 24 heavy (non-hydrogen) atoms. The third-order valence-corrected chi connectivity index (χ3v) is 3.90. The van der Waals surface area contributed by atoms with Gasteiger partial charge < -0.3 is 15.5 Å². The third kappa shape index (κ3) is 6.43. The summed E-state index contributed by atoms with van der Waals surface area (Å²) in [6.07, 6.45) is 2.15. The lowest BCUT2D eigenvalue weighted by Crippen LogP contribution is -2.44. The van der Waals surface area contributed by atoms with Crippen LogP contribution < -0.4 is 10.6 Å². The number of nitrogens with one attached hydrogen (secondary N) is 2. The van der Waals surface area contributed by atoms with Crippen LogP contribution in [0.2, 0.25) is 5.02 Å². The molecule has 0 atom stereocenters.